The number of hydrogen-bond acceptors (Lipinski definition) is 4. The molecule has 1 aromatic heterocycles. The molecule has 0 fully saturated rings. The zero-order valence-corrected chi connectivity index (χ0v) is 15.4. The molecule has 5 nitrogen and oxygen atoms in total. The molecule has 0 aliphatic heterocycles. The van der Waals surface area contributed by atoms with E-state index in [1.165, 1.54) is 4.90 Å². The van der Waals surface area contributed by atoms with E-state index in [2.05, 4.69) is 12.0 Å². The van der Waals surface area contributed by atoms with Crippen molar-refractivity contribution in [2.24, 2.45) is 0 Å². The average Bonchev–Trinajstić information content (AvgIpc) is 3.17. The maximum absolute atomic E-state index is 12.6. The standard InChI is InChI=1S/C20H21N3O2S/c1-2-14-26-19-12-13-23(21-19)18-10-8-17(9-11-18)22(15-24)20(25)16-6-4-3-5-7-16/h3-13,24H,2,14-15H2,1H3. The van der Waals surface area contributed by atoms with Gasteiger partial charge in [-0.25, -0.2) is 4.68 Å². The molecule has 6 heteroatoms. The van der Waals surface area contributed by atoms with Gasteiger partial charge < -0.3 is 5.11 Å². The van der Waals surface area contributed by atoms with Crippen molar-refractivity contribution < 1.29 is 9.90 Å². The van der Waals surface area contributed by atoms with Gasteiger partial charge >= 0.3 is 0 Å². The van der Waals surface area contributed by atoms with E-state index in [0.717, 1.165) is 22.9 Å². The van der Waals surface area contributed by atoms with E-state index >= 15 is 0 Å². The summed E-state index contributed by atoms with van der Waals surface area (Å²) in [5.41, 5.74) is 2.08. The van der Waals surface area contributed by atoms with Crippen molar-refractivity contribution in [3.05, 3.63) is 72.4 Å². The van der Waals surface area contributed by atoms with Gasteiger partial charge in [0.25, 0.3) is 5.91 Å². The predicted molar refractivity (Wildman–Crippen MR) is 105 cm³/mol. The van der Waals surface area contributed by atoms with Gasteiger partial charge in [0.05, 0.1) is 5.69 Å². The van der Waals surface area contributed by atoms with Gasteiger partial charge in [0.1, 0.15) is 11.8 Å². The quantitative estimate of drug-likeness (QED) is 0.507. The number of aromatic nitrogens is 2. The zero-order chi connectivity index (χ0) is 18.4. The molecule has 134 valence electrons. The Kier molecular flexibility index (Phi) is 6.09. The number of thioether (sulfide) groups is 1. The molecule has 0 saturated carbocycles. The van der Waals surface area contributed by atoms with Gasteiger partial charge in [-0.05, 0) is 54.6 Å². The van der Waals surface area contributed by atoms with Crippen LogP contribution in [0, 0.1) is 0 Å². The van der Waals surface area contributed by atoms with Gasteiger partial charge in [-0.3, -0.25) is 9.69 Å². The molecule has 1 N–H and O–H groups in total. The van der Waals surface area contributed by atoms with E-state index in [4.69, 9.17) is 0 Å². The first-order valence-corrected chi connectivity index (χ1v) is 9.48. The van der Waals surface area contributed by atoms with Crippen LogP contribution in [0.3, 0.4) is 0 Å². The van der Waals surface area contributed by atoms with Crippen molar-refractivity contribution in [3.63, 3.8) is 0 Å². The molecule has 2 aromatic carbocycles. The van der Waals surface area contributed by atoms with Crippen LogP contribution in [0.4, 0.5) is 5.69 Å². The van der Waals surface area contributed by atoms with Gasteiger partial charge in [-0.15, -0.1) is 11.8 Å². The number of carbonyl (C=O) groups is 1. The molecule has 0 saturated heterocycles. The lowest BCUT2D eigenvalue weighted by Crippen LogP contribution is -2.31. The molecule has 0 aliphatic rings. The van der Waals surface area contributed by atoms with E-state index in [1.807, 2.05) is 47.3 Å². The zero-order valence-electron chi connectivity index (χ0n) is 14.6. The summed E-state index contributed by atoms with van der Waals surface area (Å²) in [6.45, 7) is 1.76. The van der Waals surface area contributed by atoms with E-state index in [1.54, 1.807) is 36.0 Å². The van der Waals surface area contributed by atoms with E-state index < -0.39 is 0 Å². The third kappa shape index (κ3) is 4.15. The van der Waals surface area contributed by atoms with Gasteiger partial charge in [0.15, 0.2) is 0 Å². The Labute approximate surface area is 157 Å². The highest BCUT2D eigenvalue weighted by atomic mass is 32.2. The number of aliphatic hydroxyl groups excluding tert-OH is 1. The molecule has 0 bridgehead atoms. The largest absolute Gasteiger partial charge is 0.376 e. The molecule has 0 aliphatic carbocycles. The Balaban J connectivity index is 1.77. The summed E-state index contributed by atoms with van der Waals surface area (Å²) in [6.07, 6.45) is 3.03. The molecular weight excluding hydrogens is 346 g/mol. The van der Waals surface area contributed by atoms with Crippen LogP contribution in [-0.4, -0.2) is 33.3 Å². The highest BCUT2D eigenvalue weighted by molar-refractivity contribution is 7.99. The maximum atomic E-state index is 12.6. The lowest BCUT2D eigenvalue weighted by molar-refractivity contribution is 0.0960. The summed E-state index contributed by atoms with van der Waals surface area (Å²) < 4.78 is 1.81. The van der Waals surface area contributed by atoms with E-state index in [9.17, 15) is 9.90 Å². The van der Waals surface area contributed by atoms with Crippen LogP contribution in [0.15, 0.2) is 71.9 Å². The molecule has 0 unspecified atom stereocenters. The van der Waals surface area contributed by atoms with Crippen LogP contribution in [0.25, 0.3) is 5.69 Å². The van der Waals surface area contributed by atoms with Crippen molar-refractivity contribution in [2.75, 3.05) is 17.4 Å². The Hall–Kier alpha value is -2.57. The normalized spacial score (nSPS) is 10.7. The van der Waals surface area contributed by atoms with Crippen molar-refractivity contribution in [1.29, 1.82) is 0 Å². The minimum Gasteiger partial charge on any atom is -0.376 e. The van der Waals surface area contributed by atoms with Crippen LogP contribution in [0.5, 0.6) is 0 Å². The molecule has 3 aromatic rings. The fourth-order valence-electron chi connectivity index (χ4n) is 2.52. The SMILES string of the molecule is CCCSc1ccn(-c2ccc(N(CO)C(=O)c3ccccc3)cc2)n1. The minimum absolute atomic E-state index is 0.238. The van der Waals surface area contributed by atoms with Gasteiger partial charge in [0, 0.05) is 17.4 Å². The molecule has 26 heavy (non-hydrogen) atoms. The fourth-order valence-corrected chi connectivity index (χ4v) is 3.24. The number of rotatable bonds is 7. The molecule has 3 rings (SSSR count). The Morgan fingerprint density at radius 1 is 1.12 bits per heavy atom. The second-order valence-electron chi connectivity index (χ2n) is 5.70. The number of hydrogen-bond donors (Lipinski definition) is 1. The van der Waals surface area contributed by atoms with Gasteiger partial charge in [-0.1, -0.05) is 25.1 Å². The lowest BCUT2D eigenvalue weighted by Gasteiger charge is -2.20. The van der Waals surface area contributed by atoms with Crippen molar-refractivity contribution in [3.8, 4) is 5.69 Å². The van der Waals surface area contributed by atoms with Crippen LogP contribution < -0.4 is 4.90 Å². The van der Waals surface area contributed by atoms with Gasteiger partial charge in [-0.2, -0.15) is 5.10 Å². The number of nitrogens with zero attached hydrogens (tertiary/aromatic N) is 3. The molecule has 0 radical (unpaired) electrons. The minimum atomic E-state index is -0.382. The maximum Gasteiger partial charge on any atom is 0.260 e. The van der Waals surface area contributed by atoms with E-state index in [0.29, 0.717) is 11.3 Å². The van der Waals surface area contributed by atoms with Gasteiger partial charge in [0.2, 0.25) is 0 Å². The summed E-state index contributed by atoms with van der Waals surface area (Å²) in [4.78, 5) is 13.9. The van der Waals surface area contributed by atoms with Crippen LogP contribution >= 0.6 is 11.8 Å². The molecule has 0 spiro atoms. The Morgan fingerprint density at radius 3 is 2.50 bits per heavy atom. The Bertz CT molecular complexity index is 847. The van der Waals surface area contributed by atoms with E-state index in [-0.39, 0.29) is 12.6 Å². The molecular formula is C20H21N3O2S. The summed E-state index contributed by atoms with van der Waals surface area (Å²) in [7, 11) is 0. The smallest absolute Gasteiger partial charge is 0.260 e. The summed E-state index contributed by atoms with van der Waals surface area (Å²) in [5, 5.41) is 15.2. The average molecular weight is 367 g/mol. The van der Waals surface area contributed by atoms with Crippen LogP contribution in [0.2, 0.25) is 0 Å². The third-order valence-corrected chi connectivity index (χ3v) is 4.98. The van der Waals surface area contributed by atoms with Crippen molar-refractivity contribution in [1.82, 2.24) is 9.78 Å². The Morgan fingerprint density at radius 2 is 1.85 bits per heavy atom. The number of amides is 1. The third-order valence-electron chi connectivity index (χ3n) is 3.85. The highest BCUT2D eigenvalue weighted by Gasteiger charge is 2.16. The summed E-state index contributed by atoms with van der Waals surface area (Å²) >= 11 is 1.73. The molecule has 1 heterocycles. The fraction of sp³-hybridized carbons (Fsp3) is 0.200. The second-order valence-corrected chi connectivity index (χ2v) is 6.82. The summed E-state index contributed by atoms with van der Waals surface area (Å²) in [6, 6.07) is 18.3. The number of aliphatic hydroxyl groups is 1. The van der Waals surface area contributed by atoms with Crippen LogP contribution in [0.1, 0.15) is 23.7 Å². The second kappa shape index (κ2) is 8.69. The first kappa shape index (κ1) is 18.2. The highest BCUT2D eigenvalue weighted by Crippen LogP contribution is 2.21. The molecule has 0 atom stereocenters. The number of carbonyl (C=O) groups excluding carboxylic acids is 1. The van der Waals surface area contributed by atoms with Crippen LogP contribution in [-0.2, 0) is 0 Å². The lowest BCUT2D eigenvalue weighted by atomic mass is 10.2. The topological polar surface area (TPSA) is 58.4 Å². The first-order chi connectivity index (χ1) is 12.7. The van der Waals surface area contributed by atoms with Crippen molar-refractivity contribution >= 4 is 23.4 Å². The predicted octanol–water partition coefficient (Wildman–Crippen LogP) is 3.97. The first-order valence-electron chi connectivity index (χ1n) is 8.49. The molecule has 1 amide bonds. The van der Waals surface area contributed by atoms with Crippen molar-refractivity contribution in [2.45, 2.75) is 18.4 Å². The summed E-state index contributed by atoms with van der Waals surface area (Å²) in [5.74, 6) is 0.807. The number of benzene rings is 2. The number of anilines is 1. The monoisotopic (exact) mass is 367 g/mol.